The van der Waals surface area contributed by atoms with Crippen molar-refractivity contribution in [2.75, 3.05) is 0 Å². The van der Waals surface area contributed by atoms with Gasteiger partial charge in [0.05, 0.1) is 0 Å². The molecule has 0 saturated carbocycles. The van der Waals surface area contributed by atoms with Crippen LogP contribution in [0.1, 0.15) is 0 Å². The van der Waals surface area contributed by atoms with Crippen LogP contribution < -0.4 is 0 Å². The van der Waals surface area contributed by atoms with Crippen molar-refractivity contribution in [2.45, 2.75) is 0 Å². The molecule has 0 saturated heterocycles. The molecular weight excluding hydrogens is 230 g/mol. The topological polar surface area (TPSA) is 60.0 Å². The Kier molecular flexibility index (Phi) is 133. The zero-order chi connectivity index (χ0) is 2.71. The first-order chi connectivity index (χ1) is 1.41. The van der Waals surface area contributed by atoms with Crippen molar-refractivity contribution in [1.29, 1.82) is 0 Å². The van der Waals surface area contributed by atoms with Crippen LogP contribution in [0.5, 0.6) is 0 Å². The van der Waals surface area contributed by atoms with Crippen LogP contribution >= 0.6 is 20.2 Å². The fourth-order valence-electron chi connectivity index (χ4n) is 0. The van der Waals surface area contributed by atoms with Crippen molar-refractivity contribution < 1.29 is 41.2 Å². The van der Waals surface area contributed by atoms with Crippen LogP contribution in [-0.2, 0) is 30.2 Å². The Morgan fingerprint density at radius 1 is 1.00 bits per heavy atom. The average molecular weight is 232 g/mol. The van der Waals surface area contributed by atoms with Gasteiger partial charge in [-0.3, -0.25) is 0 Å². The smallest absolute Gasteiger partial charge is 0.870 e. The zero-order valence-electron chi connectivity index (χ0n) is 2.25. The van der Waals surface area contributed by atoms with Gasteiger partial charge >= 0.3 is 50.4 Å². The second kappa shape index (κ2) is 31.1. The molecule has 0 rings (SSSR count). The van der Waals surface area contributed by atoms with E-state index in [1.807, 2.05) is 0 Å². The Bertz CT molecular complexity index is 9.51. The summed E-state index contributed by atoms with van der Waals surface area (Å²) < 4.78 is 0. The van der Waals surface area contributed by atoms with Crippen LogP contribution in [0.4, 0.5) is 0 Å². The monoisotopic (exact) mass is 230 g/mol. The molecule has 0 aromatic rings. The maximum atomic E-state index is 4.67. The number of rotatable bonds is 0. The molecule has 2 nitrogen and oxygen atoms in total. The van der Waals surface area contributed by atoms with Gasteiger partial charge in [-0.15, -0.1) is 0 Å². The summed E-state index contributed by atoms with van der Waals surface area (Å²) in [5.41, 5.74) is 0. The number of hydrogen-bond acceptors (Lipinski definition) is 2. The van der Waals surface area contributed by atoms with Crippen molar-refractivity contribution in [3.8, 4) is 0 Å². The van der Waals surface area contributed by atoms with Crippen LogP contribution in [0.3, 0.4) is 0 Å². The van der Waals surface area contributed by atoms with Crippen molar-refractivity contribution in [2.24, 2.45) is 0 Å². The molecule has 0 aliphatic heterocycles. The maximum absolute atomic E-state index is 4.67. The standard InChI is InChI=1S/2ClH.2Cu.2H2O/h2*1H;;;2*1H2/q;;2*+2;;/p-4. The van der Waals surface area contributed by atoms with E-state index in [1.165, 1.54) is 0 Å². The third kappa shape index (κ3) is 48.2. The van der Waals surface area contributed by atoms with Crippen molar-refractivity contribution in [1.82, 2.24) is 0 Å². The third-order valence-electron chi connectivity index (χ3n) is 0. The zero-order valence-corrected chi connectivity index (χ0v) is 5.65. The molecular formula is H2Cl2Cu2O2. The fraction of sp³-hybridized carbons (Fsp3) is 0. The van der Waals surface area contributed by atoms with Crippen LogP contribution in [0.15, 0.2) is 0 Å². The van der Waals surface area contributed by atoms with E-state index in [0.717, 1.165) is 13.1 Å². The summed E-state index contributed by atoms with van der Waals surface area (Å²) in [6.07, 6.45) is 0. The summed E-state index contributed by atoms with van der Waals surface area (Å²) in [6, 6.07) is 0. The van der Waals surface area contributed by atoms with E-state index in [1.54, 1.807) is 0 Å². The summed E-state index contributed by atoms with van der Waals surface area (Å²) >= 11 is 0.757. The molecule has 0 aliphatic rings. The molecule has 0 aromatic carbocycles. The molecule has 0 fully saturated rings. The molecule has 0 atom stereocenters. The van der Waals surface area contributed by atoms with E-state index >= 15 is 0 Å². The molecule has 0 aliphatic carbocycles. The minimum atomic E-state index is 0. The normalized spacial score (nSPS) is 3.67. The van der Waals surface area contributed by atoms with Crippen LogP contribution in [0, 0.1) is 0 Å². The van der Waals surface area contributed by atoms with Gasteiger partial charge in [0.2, 0.25) is 0 Å². The Morgan fingerprint density at radius 2 is 1.00 bits per heavy atom. The van der Waals surface area contributed by atoms with E-state index in [4.69, 9.17) is 0 Å². The van der Waals surface area contributed by atoms with Gasteiger partial charge in [0.1, 0.15) is 0 Å². The van der Waals surface area contributed by atoms with E-state index in [0.29, 0.717) is 0 Å². The van der Waals surface area contributed by atoms with Gasteiger partial charge in [0, 0.05) is 0 Å². The molecule has 0 spiro atoms. The quantitative estimate of drug-likeness (QED) is 0.585. The Hall–Kier alpha value is 1.54. The molecule has 1 radical (unpaired) electrons. The summed E-state index contributed by atoms with van der Waals surface area (Å²) in [4.78, 5) is 0. The maximum Gasteiger partial charge on any atom is 2.00 e. The molecule has 2 N–H and O–H groups in total. The van der Waals surface area contributed by atoms with E-state index < -0.39 is 0 Å². The van der Waals surface area contributed by atoms with Crippen LogP contribution in [-0.4, -0.2) is 11.0 Å². The van der Waals surface area contributed by atoms with E-state index in [2.05, 4.69) is 20.2 Å². The first-order valence-electron chi connectivity index (χ1n) is 0.228. The molecule has 0 heterocycles. The van der Waals surface area contributed by atoms with E-state index in [-0.39, 0.29) is 28.0 Å². The van der Waals surface area contributed by atoms with Gasteiger partial charge < -0.3 is 11.0 Å². The third-order valence-corrected chi connectivity index (χ3v) is 0. The van der Waals surface area contributed by atoms with Crippen molar-refractivity contribution >= 4 is 20.2 Å². The predicted molar refractivity (Wildman–Crippen MR) is 15.6 cm³/mol. The SMILES string of the molecule is [Cl][Cu][Cl].[Cu+2].[OH-].[OH-]. The minimum Gasteiger partial charge on any atom is -0.870 e. The van der Waals surface area contributed by atoms with Gasteiger partial charge in [0.25, 0.3) is 0 Å². The van der Waals surface area contributed by atoms with Gasteiger partial charge in [-0.2, -0.15) is 0 Å². The van der Waals surface area contributed by atoms with Crippen LogP contribution in [0.25, 0.3) is 0 Å². The van der Waals surface area contributed by atoms with Gasteiger partial charge in [0.15, 0.2) is 0 Å². The Labute approximate surface area is 61.3 Å². The Morgan fingerprint density at radius 3 is 1.00 bits per heavy atom. The molecule has 6 heavy (non-hydrogen) atoms. The minimum absolute atomic E-state index is 0. The summed E-state index contributed by atoms with van der Waals surface area (Å²) in [5, 5.41) is 0. The van der Waals surface area contributed by atoms with E-state index in [9.17, 15) is 0 Å². The summed E-state index contributed by atoms with van der Waals surface area (Å²) in [6.45, 7) is 0. The fourth-order valence-corrected chi connectivity index (χ4v) is 0. The summed E-state index contributed by atoms with van der Waals surface area (Å²) in [7, 11) is 9.34. The molecule has 6 heteroatoms. The molecule has 0 unspecified atom stereocenters. The van der Waals surface area contributed by atoms with Gasteiger partial charge in [-0.1, -0.05) is 0 Å². The van der Waals surface area contributed by atoms with Crippen molar-refractivity contribution in [3.63, 3.8) is 0 Å². The Balaban J connectivity index is -0.00000000667. The van der Waals surface area contributed by atoms with Crippen LogP contribution in [0.2, 0.25) is 0 Å². The largest absolute Gasteiger partial charge is 2.00 e. The number of halogens is 2. The molecule has 0 aromatic heterocycles. The second-order valence-corrected chi connectivity index (χ2v) is 1.60. The predicted octanol–water partition coefficient (Wildman–Crippen LogP) is 1.02. The number of hydrogen-bond donors (Lipinski definition) is 0. The average Bonchev–Trinajstić information content (AvgIpc) is 0.918. The molecule has 50 valence electrons. The van der Waals surface area contributed by atoms with Crippen molar-refractivity contribution in [3.05, 3.63) is 0 Å². The first kappa shape index (κ1) is 25.7. The molecule has 0 amide bonds. The second-order valence-electron chi connectivity index (χ2n) is 0.0431. The first-order valence-corrected chi connectivity index (χ1v) is 2.82. The molecule has 0 bridgehead atoms. The summed E-state index contributed by atoms with van der Waals surface area (Å²) in [5.74, 6) is 0. The van der Waals surface area contributed by atoms with Gasteiger partial charge in [-0.05, 0) is 0 Å². The van der Waals surface area contributed by atoms with Gasteiger partial charge in [-0.25, -0.2) is 0 Å².